The minimum Gasteiger partial charge on any atom is -0.373 e. The number of hydrogen-bond donors (Lipinski definition) is 1. The summed E-state index contributed by atoms with van der Waals surface area (Å²) in [5.74, 6) is 0.792. The van der Waals surface area contributed by atoms with Gasteiger partial charge in [-0.1, -0.05) is 18.2 Å². The smallest absolute Gasteiger partial charge is 0.126 e. The lowest BCUT2D eigenvalue weighted by molar-refractivity contribution is 0.910. The zero-order valence-electron chi connectivity index (χ0n) is 10.9. The van der Waals surface area contributed by atoms with Crippen molar-refractivity contribution in [2.24, 2.45) is 0 Å². The van der Waals surface area contributed by atoms with E-state index in [4.69, 9.17) is 5.26 Å². The molecule has 1 heterocycles. The summed E-state index contributed by atoms with van der Waals surface area (Å²) in [4.78, 5) is 6.34. The Kier molecular flexibility index (Phi) is 4.35. The number of nitriles is 1. The van der Waals surface area contributed by atoms with Crippen molar-refractivity contribution in [2.75, 3.05) is 30.4 Å². The maximum absolute atomic E-state index is 8.69. The van der Waals surface area contributed by atoms with Gasteiger partial charge in [-0.25, -0.2) is 4.98 Å². The molecule has 2 aromatic rings. The third kappa shape index (κ3) is 3.71. The standard InChI is InChI=1S/C15H16N4/c1-19(14-5-3-2-4-6-14)10-9-17-15-8-7-13(11-16)12-18-15/h2-8,12H,9-10H2,1H3,(H,17,18). The maximum atomic E-state index is 8.69. The van der Waals surface area contributed by atoms with Crippen molar-refractivity contribution in [3.63, 3.8) is 0 Å². The Balaban J connectivity index is 1.81. The van der Waals surface area contributed by atoms with Gasteiger partial charge >= 0.3 is 0 Å². The van der Waals surface area contributed by atoms with Crippen LogP contribution in [-0.2, 0) is 0 Å². The number of para-hydroxylation sites is 1. The quantitative estimate of drug-likeness (QED) is 0.888. The fraction of sp³-hybridized carbons (Fsp3) is 0.200. The van der Waals surface area contributed by atoms with E-state index >= 15 is 0 Å². The zero-order chi connectivity index (χ0) is 13.5. The lowest BCUT2D eigenvalue weighted by Gasteiger charge is -2.19. The number of anilines is 2. The van der Waals surface area contributed by atoms with Crippen LogP contribution in [0.1, 0.15) is 5.56 Å². The van der Waals surface area contributed by atoms with Gasteiger partial charge in [0.25, 0.3) is 0 Å². The second kappa shape index (κ2) is 6.41. The second-order valence-electron chi connectivity index (χ2n) is 4.23. The lowest BCUT2D eigenvalue weighted by atomic mass is 10.3. The Morgan fingerprint density at radius 1 is 1.21 bits per heavy atom. The second-order valence-corrected chi connectivity index (χ2v) is 4.23. The predicted molar refractivity (Wildman–Crippen MR) is 77.2 cm³/mol. The number of pyridine rings is 1. The fourth-order valence-electron chi connectivity index (χ4n) is 1.73. The van der Waals surface area contributed by atoms with Gasteiger partial charge in [0, 0.05) is 32.0 Å². The van der Waals surface area contributed by atoms with Crippen molar-refractivity contribution >= 4 is 11.5 Å². The molecule has 2 rings (SSSR count). The van der Waals surface area contributed by atoms with Crippen molar-refractivity contribution < 1.29 is 0 Å². The molecule has 0 fully saturated rings. The molecule has 0 spiro atoms. The average molecular weight is 252 g/mol. The molecule has 0 saturated carbocycles. The first-order valence-corrected chi connectivity index (χ1v) is 6.16. The molecule has 1 aromatic carbocycles. The van der Waals surface area contributed by atoms with Crippen LogP contribution in [0.4, 0.5) is 11.5 Å². The molecule has 0 saturated heterocycles. The third-order valence-electron chi connectivity index (χ3n) is 2.84. The van der Waals surface area contributed by atoms with Gasteiger partial charge in [0.1, 0.15) is 11.9 Å². The van der Waals surface area contributed by atoms with E-state index in [0.717, 1.165) is 18.9 Å². The monoisotopic (exact) mass is 252 g/mol. The van der Waals surface area contributed by atoms with Crippen molar-refractivity contribution in [1.29, 1.82) is 5.26 Å². The first-order chi connectivity index (χ1) is 9.29. The Morgan fingerprint density at radius 3 is 2.63 bits per heavy atom. The van der Waals surface area contributed by atoms with Crippen LogP contribution in [0.15, 0.2) is 48.7 Å². The summed E-state index contributed by atoms with van der Waals surface area (Å²) >= 11 is 0. The van der Waals surface area contributed by atoms with Gasteiger partial charge in [-0.2, -0.15) is 5.26 Å². The molecule has 0 aliphatic carbocycles. The largest absolute Gasteiger partial charge is 0.373 e. The van der Waals surface area contributed by atoms with E-state index in [9.17, 15) is 0 Å². The topological polar surface area (TPSA) is 52.0 Å². The van der Waals surface area contributed by atoms with Crippen LogP contribution in [0, 0.1) is 11.3 Å². The van der Waals surface area contributed by atoms with Crippen LogP contribution < -0.4 is 10.2 Å². The predicted octanol–water partition coefficient (Wildman–Crippen LogP) is 2.50. The van der Waals surface area contributed by atoms with Gasteiger partial charge in [0.2, 0.25) is 0 Å². The number of benzene rings is 1. The van der Waals surface area contributed by atoms with Crippen LogP contribution in [0.3, 0.4) is 0 Å². The van der Waals surface area contributed by atoms with E-state index in [-0.39, 0.29) is 0 Å². The SMILES string of the molecule is CN(CCNc1ccc(C#N)cn1)c1ccccc1. The van der Waals surface area contributed by atoms with Crippen LogP contribution in [0.5, 0.6) is 0 Å². The molecule has 4 nitrogen and oxygen atoms in total. The van der Waals surface area contributed by atoms with E-state index in [1.807, 2.05) is 24.3 Å². The first-order valence-electron chi connectivity index (χ1n) is 6.16. The fourth-order valence-corrected chi connectivity index (χ4v) is 1.73. The Labute approximate surface area is 113 Å². The minimum absolute atomic E-state index is 0.576. The van der Waals surface area contributed by atoms with Crippen molar-refractivity contribution in [3.8, 4) is 6.07 Å². The molecule has 0 bridgehead atoms. The van der Waals surface area contributed by atoms with Crippen molar-refractivity contribution in [2.45, 2.75) is 0 Å². The van der Waals surface area contributed by atoms with E-state index in [1.165, 1.54) is 5.69 Å². The highest BCUT2D eigenvalue weighted by molar-refractivity contribution is 5.45. The molecule has 0 amide bonds. The summed E-state index contributed by atoms with van der Waals surface area (Å²) in [6.07, 6.45) is 1.57. The summed E-state index contributed by atoms with van der Waals surface area (Å²) in [6.45, 7) is 1.68. The van der Waals surface area contributed by atoms with Crippen LogP contribution in [-0.4, -0.2) is 25.1 Å². The zero-order valence-corrected chi connectivity index (χ0v) is 10.9. The van der Waals surface area contributed by atoms with Crippen molar-refractivity contribution in [1.82, 2.24) is 4.98 Å². The highest BCUT2D eigenvalue weighted by Gasteiger charge is 1.99. The Hall–Kier alpha value is -2.54. The summed E-state index contributed by atoms with van der Waals surface area (Å²) in [5.41, 5.74) is 1.77. The van der Waals surface area contributed by atoms with E-state index in [0.29, 0.717) is 5.56 Å². The normalized spacial score (nSPS) is 9.68. The van der Waals surface area contributed by atoms with Gasteiger partial charge < -0.3 is 10.2 Å². The summed E-state index contributed by atoms with van der Waals surface area (Å²) < 4.78 is 0. The van der Waals surface area contributed by atoms with Crippen LogP contribution >= 0.6 is 0 Å². The van der Waals surface area contributed by atoms with E-state index < -0.39 is 0 Å². The van der Waals surface area contributed by atoms with E-state index in [2.05, 4.69) is 40.5 Å². The Morgan fingerprint density at radius 2 is 2.00 bits per heavy atom. The molecule has 1 N–H and O–H groups in total. The van der Waals surface area contributed by atoms with Gasteiger partial charge in [-0.15, -0.1) is 0 Å². The molecule has 96 valence electrons. The summed E-state index contributed by atoms with van der Waals surface area (Å²) in [7, 11) is 2.06. The maximum Gasteiger partial charge on any atom is 0.126 e. The number of hydrogen-bond acceptors (Lipinski definition) is 4. The molecule has 19 heavy (non-hydrogen) atoms. The lowest BCUT2D eigenvalue weighted by Crippen LogP contribution is -2.24. The molecular formula is C15H16N4. The molecular weight excluding hydrogens is 236 g/mol. The van der Waals surface area contributed by atoms with Gasteiger partial charge in [-0.05, 0) is 24.3 Å². The molecule has 4 heteroatoms. The highest BCUT2D eigenvalue weighted by atomic mass is 15.1. The molecule has 0 aliphatic heterocycles. The number of aromatic nitrogens is 1. The van der Waals surface area contributed by atoms with Crippen LogP contribution in [0.2, 0.25) is 0 Å². The number of rotatable bonds is 5. The third-order valence-corrected chi connectivity index (χ3v) is 2.84. The molecule has 1 aromatic heterocycles. The summed E-state index contributed by atoms with van der Waals surface area (Å²) in [5, 5.41) is 11.9. The number of nitrogens with zero attached hydrogens (tertiary/aromatic N) is 3. The van der Waals surface area contributed by atoms with Gasteiger partial charge in [0.05, 0.1) is 5.56 Å². The highest BCUT2D eigenvalue weighted by Crippen LogP contribution is 2.10. The molecule has 0 atom stereocenters. The number of nitrogens with one attached hydrogen (secondary N) is 1. The molecule has 0 radical (unpaired) electrons. The molecule has 0 unspecified atom stereocenters. The van der Waals surface area contributed by atoms with Crippen molar-refractivity contribution in [3.05, 3.63) is 54.2 Å². The first kappa shape index (κ1) is 12.9. The number of likely N-dealkylation sites (N-methyl/N-ethyl adjacent to an activating group) is 1. The Bertz CT molecular complexity index is 543. The van der Waals surface area contributed by atoms with E-state index in [1.54, 1.807) is 12.3 Å². The van der Waals surface area contributed by atoms with Gasteiger partial charge in [0.15, 0.2) is 0 Å². The van der Waals surface area contributed by atoms with Gasteiger partial charge in [-0.3, -0.25) is 0 Å². The molecule has 0 aliphatic rings. The van der Waals surface area contributed by atoms with Crippen LogP contribution in [0.25, 0.3) is 0 Å². The minimum atomic E-state index is 0.576. The average Bonchev–Trinajstić information content (AvgIpc) is 2.49. The summed E-state index contributed by atoms with van der Waals surface area (Å²) in [6, 6.07) is 15.9.